The molecular weight excluding hydrogens is 315 g/mol. The van der Waals surface area contributed by atoms with Gasteiger partial charge in [-0.2, -0.15) is 0 Å². The average molecular weight is 324 g/mol. The predicted molar refractivity (Wildman–Crippen MR) is 86.5 cm³/mol. The van der Waals surface area contributed by atoms with Crippen LogP contribution >= 0.6 is 34.8 Å². The number of aromatic nitrogens is 1. The van der Waals surface area contributed by atoms with E-state index >= 15 is 0 Å². The minimum atomic E-state index is 0.222. The highest BCUT2D eigenvalue weighted by Gasteiger charge is 2.08. The van der Waals surface area contributed by atoms with Gasteiger partial charge in [-0.3, -0.25) is 0 Å². The molecule has 0 aliphatic rings. The first-order valence-electron chi connectivity index (χ1n) is 5.91. The highest BCUT2D eigenvalue weighted by atomic mass is 35.5. The molecule has 3 aromatic rings. The van der Waals surface area contributed by atoms with E-state index in [4.69, 9.17) is 34.8 Å². The van der Waals surface area contributed by atoms with E-state index in [2.05, 4.69) is 16.4 Å². The van der Waals surface area contributed by atoms with Crippen molar-refractivity contribution < 1.29 is 0 Å². The Labute approximate surface area is 131 Å². The van der Waals surface area contributed by atoms with Crippen molar-refractivity contribution in [3.05, 3.63) is 63.7 Å². The zero-order chi connectivity index (χ0) is 14.1. The summed E-state index contributed by atoms with van der Waals surface area (Å²) in [4.78, 5) is 4.14. The lowest BCUT2D eigenvalue weighted by Crippen LogP contribution is -1.95. The van der Waals surface area contributed by atoms with E-state index in [-0.39, 0.29) is 5.15 Å². The van der Waals surface area contributed by atoms with Crippen molar-refractivity contribution in [1.82, 2.24) is 4.98 Å². The number of hydrogen-bond donors (Lipinski definition) is 1. The first-order chi connectivity index (χ1) is 9.63. The van der Waals surface area contributed by atoms with Gasteiger partial charge < -0.3 is 5.32 Å². The van der Waals surface area contributed by atoms with Crippen molar-refractivity contribution >= 4 is 57.1 Å². The summed E-state index contributed by atoms with van der Waals surface area (Å²) >= 11 is 17.9. The molecule has 0 bridgehead atoms. The second-order valence-electron chi connectivity index (χ2n) is 4.28. The molecule has 1 N–H and O–H groups in total. The van der Waals surface area contributed by atoms with Crippen molar-refractivity contribution in [2.75, 3.05) is 5.32 Å². The maximum absolute atomic E-state index is 6.10. The van der Waals surface area contributed by atoms with Crippen LogP contribution < -0.4 is 5.32 Å². The Bertz CT molecular complexity index is 787. The van der Waals surface area contributed by atoms with Gasteiger partial charge in [0, 0.05) is 5.69 Å². The van der Waals surface area contributed by atoms with E-state index < -0.39 is 0 Å². The first kappa shape index (κ1) is 13.5. The normalized spacial score (nSPS) is 10.8. The molecule has 0 spiro atoms. The van der Waals surface area contributed by atoms with Crippen molar-refractivity contribution in [2.24, 2.45) is 0 Å². The average Bonchev–Trinajstić information content (AvgIpc) is 2.44. The Morgan fingerprint density at radius 1 is 0.800 bits per heavy atom. The van der Waals surface area contributed by atoms with E-state index in [1.807, 2.05) is 36.4 Å². The summed E-state index contributed by atoms with van der Waals surface area (Å²) in [7, 11) is 0. The quantitative estimate of drug-likeness (QED) is 0.590. The second-order valence-corrected chi connectivity index (χ2v) is 5.45. The molecule has 0 aliphatic carbocycles. The highest BCUT2D eigenvalue weighted by molar-refractivity contribution is 6.43. The van der Waals surface area contributed by atoms with Crippen LogP contribution in [-0.2, 0) is 0 Å². The number of benzene rings is 2. The minimum Gasteiger partial charge on any atom is -0.339 e. The van der Waals surface area contributed by atoms with Crippen LogP contribution in [0.4, 0.5) is 11.5 Å². The van der Waals surface area contributed by atoms with Crippen LogP contribution in [0.5, 0.6) is 0 Å². The number of hydrogen-bond acceptors (Lipinski definition) is 2. The van der Waals surface area contributed by atoms with Crippen molar-refractivity contribution in [1.29, 1.82) is 0 Å². The van der Waals surface area contributed by atoms with Crippen molar-refractivity contribution in [3.63, 3.8) is 0 Å². The fourth-order valence-electron chi connectivity index (χ4n) is 1.94. The van der Waals surface area contributed by atoms with Gasteiger partial charge in [-0.15, -0.1) is 0 Å². The molecule has 20 heavy (non-hydrogen) atoms. The molecule has 0 saturated heterocycles. The van der Waals surface area contributed by atoms with Crippen molar-refractivity contribution in [2.45, 2.75) is 0 Å². The van der Waals surface area contributed by atoms with Crippen LogP contribution in [0.25, 0.3) is 10.8 Å². The zero-order valence-corrected chi connectivity index (χ0v) is 12.5. The molecule has 2 aromatic carbocycles. The van der Waals surface area contributed by atoms with E-state index in [0.717, 1.165) is 11.1 Å². The van der Waals surface area contributed by atoms with E-state index in [1.54, 1.807) is 6.07 Å². The number of nitrogens with zero attached hydrogens (tertiary/aromatic N) is 1. The lowest BCUT2D eigenvalue weighted by atomic mass is 10.1. The van der Waals surface area contributed by atoms with Gasteiger partial charge >= 0.3 is 0 Å². The smallest absolute Gasteiger partial charge is 0.151 e. The van der Waals surface area contributed by atoms with Gasteiger partial charge in [0.15, 0.2) is 5.82 Å². The van der Waals surface area contributed by atoms with Crippen LogP contribution in [0.3, 0.4) is 0 Å². The summed E-state index contributed by atoms with van der Waals surface area (Å²) in [5, 5.41) is 6.43. The monoisotopic (exact) mass is 322 g/mol. The Morgan fingerprint density at radius 2 is 1.55 bits per heavy atom. The summed E-state index contributed by atoms with van der Waals surface area (Å²) in [6, 6.07) is 15.7. The van der Waals surface area contributed by atoms with Crippen LogP contribution in [0.1, 0.15) is 0 Å². The molecule has 1 aromatic heterocycles. The lowest BCUT2D eigenvalue weighted by Gasteiger charge is -2.09. The number of fused-ring (bicyclic) bond motifs is 1. The number of anilines is 2. The number of rotatable bonds is 2. The number of halogens is 3. The predicted octanol–water partition coefficient (Wildman–Crippen LogP) is 5.94. The van der Waals surface area contributed by atoms with Gasteiger partial charge in [-0.25, -0.2) is 4.98 Å². The summed E-state index contributed by atoms with van der Waals surface area (Å²) in [6.45, 7) is 0. The summed E-state index contributed by atoms with van der Waals surface area (Å²) in [5.74, 6) is 0.483. The van der Waals surface area contributed by atoms with E-state index in [0.29, 0.717) is 15.9 Å². The van der Waals surface area contributed by atoms with Crippen LogP contribution in [0.2, 0.25) is 15.2 Å². The Kier molecular flexibility index (Phi) is 3.70. The fraction of sp³-hybridized carbons (Fsp3) is 0. The fourth-order valence-corrected chi connectivity index (χ4v) is 2.48. The first-order valence-corrected chi connectivity index (χ1v) is 7.04. The minimum absolute atomic E-state index is 0.222. The Hall–Kier alpha value is -1.48. The summed E-state index contributed by atoms with van der Waals surface area (Å²) in [5.41, 5.74) is 0.886. The maximum atomic E-state index is 6.10. The molecule has 2 nitrogen and oxygen atoms in total. The summed E-state index contributed by atoms with van der Waals surface area (Å²) < 4.78 is 0. The van der Waals surface area contributed by atoms with E-state index in [9.17, 15) is 0 Å². The third-order valence-electron chi connectivity index (χ3n) is 2.90. The van der Waals surface area contributed by atoms with Gasteiger partial charge in [-0.05, 0) is 29.0 Å². The van der Waals surface area contributed by atoms with E-state index in [1.165, 1.54) is 5.39 Å². The van der Waals surface area contributed by atoms with Crippen molar-refractivity contribution in [3.8, 4) is 0 Å². The van der Waals surface area contributed by atoms with Crippen LogP contribution in [-0.4, -0.2) is 4.98 Å². The zero-order valence-electron chi connectivity index (χ0n) is 10.2. The molecule has 5 heteroatoms. The number of nitrogens with one attached hydrogen (secondary N) is 1. The van der Waals surface area contributed by atoms with Gasteiger partial charge in [0.25, 0.3) is 0 Å². The molecule has 3 rings (SSSR count). The molecule has 0 aliphatic heterocycles. The maximum Gasteiger partial charge on any atom is 0.151 e. The van der Waals surface area contributed by atoms with Crippen LogP contribution in [0, 0.1) is 0 Å². The molecule has 0 fully saturated rings. The highest BCUT2D eigenvalue weighted by Crippen LogP contribution is 2.31. The van der Waals surface area contributed by atoms with Gasteiger partial charge in [-0.1, -0.05) is 65.1 Å². The number of pyridine rings is 1. The Balaban J connectivity index is 1.99. The molecule has 100 valence electrons. The Morgan fingerprint density at radius 3 is 2.35 bits per heavy atom. The second kappa shape index (κ2) is 5.49. The molecule has 0 saturated carbocycles. The summed E-state index contributed by atoms with van der Waals surface area (Å²) in [6.07, 6.45) is 0. The molecule has 0 amide bonds. The standard InChI is InChI=1S/C15H9Cl3N2/c16-12-8-13(17)15(20-14(12)18)19-11-6-5-9-3-1-2-4-10(9)7-11/h1-8H,(H,19,20). The lowest BCUT2D eigenvalue weighted by molar-refractivity contribution is 1.31. The largest absolute Gasteiger partial charge is 0.339 e. The molecule has 0 radical (unpaired) electrons. The molecule has 0 atom stereocenters. The topological polar surface area (TPSA) is 24.9 Å². The van der Waals surface area contributed by atoms with Crippen LogP contribution in [0.15, 0.2) is 48.5 Å². The SMILES string of the molecule is Clc1cc(Cl)c(Nc2ccc3ccccc3c2)nc1Cl. The van der Waals surface area contributed by atoms with Gasteiger partial charge in [0.1, 0.15) is 5.15 Å². The van der Waals surface area contributed by atoms with Gasteiger partial charge in [0.2, 0.25) is 0 Å². The molecular formula is C15H9Cl3N2. The molecule has 1 heterocycles. The molecule has 0 unspecified atom stereocenters. The third-order valence-corrected chi connectivity index (χ3v) is 3.86. The third kappa shape index (κ3) is 2.68. The van der Waals surface area contributed by atoms with Gasteiger partial charge in [0.05, 0.1) is 10.0 Å².